The Balaban J connectivity index is 3.91. The Labute approximate surface area is 95.0 Å². The Kier molecular flexibility index (Phi) is 9.06. The maximum absolute atomic E-state index is 5.81. The molecule has 0 rings (SSSR count). The number of ether oxygens (including phenoxy) is 1. The van der Waals surface area contributed by atoms with E-state index in [1.165, 1.54) is 25.7 Å². The van der Waals surface area contributed by atoms with Crippen LogP contribution in [-0.2, 0) is 4.74 Å². The van der Waals surface area contributed by atoms with E-state index >= 15 is 0 Å². The van der Waals surface area contributed by atoms with Crippen LogP contribution in [0, 0.1) is 0 Å². The van der Waals surface area contributed by atoms with Crippen LogP contribution in [-0.4, -0.2) is 44.3 Å². The van der Waals surface area contributed by atoms with Gasteiger partial charge in [0.2, 0.25) is 0 Å². The summed E-state index contributed by atoms with van der Waals surface area (Å²) in [5.74, 6) is 0. The standard InChI is InChI=1S/C12H28N2O/c1-5-6-7-8-12(9-13)14(3)11(2)10-15-4/h11-12H,5-10,13H2,1-4H3. The lowest BCUT2D eigenvalue weighted by atomic mass is 10.1. The van der Waals surface area contributed by atoms with Gasteiger partial charge in [-0.15, -0.1) is 0 Å². The molecule has 0 aromatic rings. The highest BCUT2D eigenvalue weighted by Gasteiger charge is 2.17. The lowest BCUT2D eigenvalue weighted by molar-refractivity contribution is 0.0875. The molecule has 0 aromatic heterocycles. The highest BCUT2D eigenvalue weighted by atomic mass is 16.5. The van der Waals surface area contributed by atoms with Gasteiger partial charge in [0.25, 0.3) is 0 Å². The highest BCUT2D eigenvalue weighted by Crippen LogP contribution is 2.10. The summed E-state index contributed by atoms with van der Waals surface area (Å²) >= 11 is 0. The summed E-state index contributed by atoms with van der Waals surface area (Å²) in [6.45, 7) is 5.94. The molecule has 0 fully saturated rings. The molecule has 0 aliphatic heterocycles. The van der Waals surface area contributed by atoms with Gasteiger partial charge in [0.1, 0.15) is 0 Å². The lowest BCUT2D eigenvalue weighted by Gasteiger charge is -2.32. The van der Waals surface area contributed by atoms with Gasteiger partial charge >= 0.3 is 0 Å². The second-order valence-electron chi connectivity index (χ2n) is 4.36. The van der Waals surface area contributed by atoms with Crippen molar-refractivity contribution in [1.82, 2.24) is 4.90 Å². The third-order valence-corrected chi connectivity index (χ3v) is 3.09. The molecule has 0 heterocycles. The predicted octanol–water partition coefficient (Wildman–Crippen LogP) is 1.86. The Morgan fingerprint density at radius 1 is 1.33 bits per heavy atom. The van der Waals surface area contributed by atoms with Crippen LogP contribution in [0.2, 0.25) is 0 Å². The van der Waals surface area contributed by atoms with Crippen molar-refractivity contribution in [3.05, 3.63) is 0 Å². The largest absolute Gasteiger partial charge is 0.383 e. The summed E-state index contributed by atoms with van der Waals surface area (Å²) in [5, 5.41) is 0. The monoisotopic (exact) mass is 216 g/mol. The molecule has 15 heavy (non-hydrogen) atoms. The summed E-state index contributed by atoms with van der Waals surface area (Å²) in [6, 6.07) is 0.951. The molecular weight excluding hydrogens is 188 g/mol. The first-order valence-corrected chi connectivity index (χ1v) is 6.08. The maximum atomic E-state index is 5.81. The normalized spacial score (nSPS) is 15.6. The molecule has 0 amide bonds. The molecule has 0 saturated heterocycles. The van der Waals surface area contributed by atoms with Crippen LogP contribution < -0.4 is 5.73 Å². The smallest absolute Gasteiger partial charge is 0.0615 e. The van der Waals surface area contributed by atoms with Crippen molar-refractivity contribution in [2.24, 2.45) is 5.73 Å². The van der Waals surface area contributed by atoms with Crippen molar-refractivity contribution >= 4 is 0 Å². The van der Waals surface area contributed by atoms with E-state index in [4.69, 9.17) is 10.5 Å². The van der Waals surface area contributed by atoms with Crippen LogP contribution >= 0.6 is 0 Å². The first-order chi connectivity index (χ1) is 7.17. The lowest BCUT2D eigenvalue weighted by Crippen LogP contribution is -2.44. The van der Waals surface area contributed by atoms with Crippen LogP contribution in [0.25, 0.3) is 0 Å². The van der Waals surface area contributed by atoms with E-state index in [0.717, 1.165) is 13.2 Å². The molecule has 92 valence electrons. The van der Waals surface area contributed by atoms with Crippen LogP contribution in [0.5, 0.6) is 0 Å². The van der Waals surface area contributed by atoms with Gasteiger partial charge in [-0.2, -0.15) is 0 Å². The summed E-state index contributed by atoms with van der Waals surface area (Å²) < 4.78 is 5.16. The number of nitrogens with zero attached hydrogens (tertiary/aromatic N) is 1. The number of nitrogens with two attached hydrogens (primary N) is 1. The molecule has 2 atom stereocenters. The molecule has 2 unspecified atom stereocenters. The zero-order valence-electron chi connectivity index (χ0n) is 10.8. The van der Waals surface area contributed by atoms with E-state index < -0.39 is 0 Å². The van der Waals surface area contributed by atoms with Crippen LogP contribution in [0.15, 0.2) is 0 Å². The molecule has 0 aliphatic carbocycles. The first kappa shape index (κ1) is 14.9. The average Bonchev–Trinajstić information content (AvgIpc) is 2.24. The maximum Gasteiger partial charge on any atom is 0.0615 e. The Morgan fingerprint density at radius 3 is 2.47 bits per heavy atom. The zero-order valence-corrected chi connectivity index (χ0v) is 10.8. The molecule has 0 saturated carbocycles. The molecule has 0 aromatic carbocycles. The number of hydrogen-bond donors (Lipinski definition) is 1. The minimum Gasteiger partial charge on any atom is -0.383 e. The molecule has 3 nitrogen and oxygen atoms in total. The number of unbranched alkanes of at least 4 members (excludes halogenated alkanes) is 2. The summed E-state index contributed by atoms with van der Waals surface area (Å²) in [4.78, 5) is 2.35. The molecule has 0 bridgehead atoms. The van der Waals surface area contributed by atoms with Gasteiger partial charge in [0, 0.05) is 25.7 Å². The summed E-state index contributed by atoms with van der Waals surface area (Å²) in [7, 11) is 3.89. The zero-order chi connectivity index (χ0) is 11.7. The van der Waals surface area contributed by atoms with Crippen molar-refractivity contribution in [2.75, 3.05) is 27.3 Å². The number of methoxy groups -OCH3 is 1. The predicted molar refractivity (Wildman–Crippen MR) is 66.1 cm³/mol. The fraction of sp³-hybridized carbons (Fsp3) is 1.00. The second-order valence-corrected chi connectivity index (χ2v) is 4.36. The van der Waals surface area contributed by atoms with E-state index in [2.05, 4.69) is 25.8 Å². The Hall–Kier alpha value is -0.120. The van der Waals surface area contributed by atoms with Gasteiger partial charge in [0.05, 0.1) is 6.61 Å². The number of rotatable bonds is 9. The molecule has 0 radical (unpaired) electrons. The van der Waals surface area contributed by atoms with Gasteiger partial charge in [0.15, 0.2) is 0 Å². The minimum atomic E-state index is 0.449. The number of likely N-dealkylation sites (N-methyl/N-ethyl adjacent to an activating group) is 1. The van der Waals surface area contributed by atoms with Gasteiger partial charge in [-0.25, -0.2) is 0 Å². The van der Waals surface area contributed by atoms with E-state index in [-0.39, 0.29) is 0 Å². The second kappa shape index (κ2) is 9.13. The van der Waals surface area contributed by atoms with Crippen molar-refractivity contribution in [3.8, 4) is 0 Å². The van der Waals surface area contributed by atoms with Crippen molar-refractivity contribution < 1.29 is 4.74 Å². The number of hydrogen-bond acceptors (Lipinski definition) is 3. The molecule has 0 spiro atoms. The third kappa shape index (κ3) is 6.13. The minimum absolute atomic E-state index is 0.449. The quantitative estimate of drug-likeness (QED) is 0.598. The molecule has 2 N–H and O–H groups in total. The summed E-state index contributed by atoms with van der Waals surface area (Å²) in [6.07, 6.45) is 5.06. The molecular formula is C12H28N2O. The van der Waals surface area contributed by atoms with Crippen LogP contribution in [0.4, 0.5) is 0 Å². The van der Waals surface area contributed by atoms with E-state index in [1.807, 2.05) is 0 Å². The molecule has 0 aliphatic rings. The first-order valence-electron chi connectivity index (χ1n) is 6.08. The van der Waals surface area contributed by atoms with Crippen molar-refractivity contribution in [2.45, 2.75) is 51.6 Å². The fourth-order valence-corrected chi connectivity index (χ4v) is 1.84. The average molecular weight is 216 g/mol. The molecule has 3 heteroatoms. The Morgan fingerprint density at radius 2 is 2.00 bits per heavy atom. The van der Waals surface area contributed by atoms with Crippen molar-refractivity contribution in [3.63, 3.8) is 0 Å². The third-order valence-electron chi connectivity index (χ3n) is 3.09. The van der Waals surface area contributed by atoms with E-state index in [0.29, 0.717) is 12.1 Å². The van der Waals surface area contributed by atoms with E-state index in [9.17, 15) is 0 Å². The SMILES string of the molecule is CCCCCC(CN)N(C)C(C)COC. The van der Waals surface area contributed by atoms with E-state index in [1.54, 1.807) is 7.11 Å². The van der Waals surface area contributed by atoms with Gasteiger partial charge in [-0.1, -0.05) is 26.2 Å². The van der Waals surface area contributed by atoms with Gasteiger partial charge in [-0.05, 0) is 20.4 Å². The topological polar surface area (TPSA) is 38.5 Å². The summed E-state index contributed by atoms with van der Waals surface area (Å²) in [5.41, 5.74) is 5.81. The van der Waals surface area contributed by atoms with Crippen LogP contribution in [0.3, 0.4) is 0 Å². The van der Waals surface area contributed by atoms with Gasteiger partial charge < -0.3 is 10.5 Å². The highest BCUT2D eigenvalue weighted by molar-refractivity contribution is 4.74. The van der Waals surface area contributed by atoms with Crippen LogP contribution in [0.1, 0.15) is 39.5 Å². The van der Waals surface area contributed by atoms with Gasteiger partial charge in [-0.3, -0.25) is 4.90 Å². The fourth-order valence-electron chi connectivity index (χ4n) is 1.84. The Bertz CT molecular complexity index is 142. The van der Waals surface area contributed by atoms with Crippen molar-refractivity contribution in [1.29, 1.82) is 0 Å².